The fraction of sp³-hybridized carbons (Fsp3) is 0.143. The SMILES string of the molecule is COc1ccc(-c2csc(/C(C#N)=C\c3cc(OC)ccc3OC)n2)cc1. The highest BCUT2D eigenvalue weighted by Crippen LogP contribution is 2.31. The lowest BCUT2D eigenvalue weighted by atomic mass is 10.1. The molecule has 0 aliphatic carbocycles. The maximum atomic E-state index is 9.64. The molecule has 3 rings (SSSR count). The Bertz CT molecular complexity index is 1000. The van der Waals surface area contributed by atoms with Crippen LogP contribution in [0.2, 0.25) is 0 Å². The molecule has 6 heteroatoms. The lowest BCUT2D eigenvalue weighted by Crippen LogP contribution is -1.90. The van der Waals surface area contributed by atoms with Crippen LogP contribution in [0.5, 0.6) is 17.2 Å². The maximum absolute atomic E-state index is 9.64. The number of rotatable bonds is 6. The van der Waals surface area contributed by atoms with Crippen molar-refractivity contribution in [3.8, 4) is 34.6 Å². The molecular formula is C21H18N2O3S. The Labute approximate surface area is 162 Å². The van der Waals surface area contributed by atoms with Gasteiger partial charge >= 0.3 is 0 Å². The molecular weight excluding hydrogens is 360 g/mol. The summed E-state index contributed by atoms with van der Waals surface area (Å²) in [5.41, 5.74) is 3.01. The number of allylic oxidation sites excluding steroid dienone is 1. The van der Waals surface area contributed by atoms with Crippen LogP contribution in [-0.4, -0.2) is 26.3 Å². The lowest BCUT2D eigenvalue weighted by molar-refractivity contribution is 0.402. The molecule has 1 aromatic heterocycles. The number of hydrogen-bond donors (Lipinski definition) is 0. The molecule has 0 fully saturated rings. The fourth-order valence-electron chi connectivity index (χ4n) is 2.54. The molecule has 1 heterocycles. The molecule has 136 valence electrons. The van der Waals surface area contributed by atoms with Crippen molar-refractivity contribution in [2.45, 2.75) is 0 Å². The minimum absolute atomic E-state index is 0.464. The van der Waals surface area contributed by atoms with Crippen molar-refractivity contribution in [2.24, 2.45) is 0 Å². The standard InChI is InChI=1S/C21H18N2O3S/c1-24-17-6-4-14(5-7-17)19-13-27-21(23-19)16(12-22)10-15-11-18(25-2)8-9-20(15)26-3/h4-11,13H,1-3H3/b16-10-. The Kier molecular flexibility index (Phi) is 5.74. The number of nitrogens with zero attached hydrogens (tertiary/aromatic N) is 2. The van der Waals surface area contributed by atoms with E-state index in [1.54, 1.807) is 27.4 Å². The molecule has 0 spiro atoms. The fourth-order valence-corrected chi connectivity index (χ4v) is 3.34. The van der Waals surface area contributed by atoms with Crippen LogP contribution in [0.3, 0.4) is 0 Å². The second-order valence-corrected chi connectivity index (χ2v) is 6.40. The molecule has 0 N–H and O–H groups in total. The molecule has 0 saturated carbocycles. The molecule has 0 atom stereocenters. The van der Waals surface area contributed by atoms with Crippen molar-refractivity contribution in [1.29, 1.82) is 5.26 Å². The van der Waals surface area contributed by atoms with Crippen LogP contribution in [0.4, 0.5) is 0 Å². The van der Waals surface area contributed by atoms with Crippen LogP contribution in [0.1, 0.15) is 10.6 Å². The number of ether oxygens (including phenoxy) is 3. The van der Waals surface area contributed by atoms with Crippen molar-refractivity contribution >= 4 is 23.0 Å². The summed E-state index contributed by atoms with van der Waals surface area (Å²) in [6.45, 7) is 0. The number of benzene rings is 2. The van der Waals surface area contributed by atoms with Gasteiger partial charge in [-0.3, -0.25) is 0 Å². The first kappa shape index (κ1) is 18.5. The van der Waals surface area contributed by atoms with Gasteiger partial charge in [-0.25, -0.2) is 4.98 Å². The monoisotopic (exact) mass is 378 g/mol. The Morgan fingerprint density at radius 2 is 1.70 bits per heavy atom. The van der Waals surface area contributed by atoms with Gasteiger partial charge in [-0.2, -0.15) is 5.26 Å². The molecule has 3 aromatic rings. The Morgan fingerprint density at radius 3 is 2.33 bits per heavy atom. The predicted molar refractivity (Wildman–Crippen MR) is 107 cm³/mol. The highest BCUT2D eigenvalue weighted by Gasteiger charge is 2.11. The zero-order valence-corrected chi connectivity index (χ0v) is 16.0. The summed E-state index contributed by atoms with van der Waals surface area (Å²) in [6, 6.07) is 15.3. The highest BCUT2D eigenvalue weighted by atomic mass is 32.1. The Hall–Kier alpha value is -3.30. The Balaban J connectivity index is 1.96. The van der Waals surface area contributed by atoms with Crippen LogP contribution in [-0.2, 0) is 0 Å². The Morgan fingerprint density at radius 1 is 1.00 bits per heavy atom. The van der Waals surface area contributed by atoms with E-state index in [2.05, 4.69) is 11.1 Å². The van der Waals surface area contributed by atoms with E-state index in [4.69, 9.17) is 14.2 Å². The predicted octanol–water partition coefficient (Wildman–Crippen LogP) is 4.90. The van der Waals surface area contributed by atoms with E-state index in [1.807, 2.05) is 47.8 Å². The molecule has 0 aliphatic heterocycles. The average molecular weight is 378 g/mol. The molecule has 0 radical (unpaired) electrons. The van der Waals surface area contributed by atoms with Crippen LogP contribution >= 0.6 is 11.3 Å². The third-order valence-electron chi connectivity index (χ3n) is 3.98. The largest absolute Gasteiger partial charge is 0.497 e. The number of thiazole rings is 1. The van der Waals surface area contributed by atoms with Gasteiger partial charge < -0.3 is 14.2 Å². The van der Waals surface area contributed by atoms with Crippen molar-refractivity contribution in [1.82, 2.24) is 4.98 Å². The van der Waals surface area contributed by atoms with E-state index in [9.17, 15) is 5.26 Å². The number of nitriles is 1. The molecule has 2 aromatic carbocycles. The zero-order valence-electron chi connectivity index (χ0n) is 15.2. The first-order chi connectivity index (χ1) is 13.2. The van der Waals surface area contributed by atoms with Gasteiger partial charge in [0.05, 0.1) is 32.6 Å². The summed E-state index contributed by atoms with van der Waals surface area (Å²) in [6.07, 6.45) is 1.76. The van der Waals surface area contributed by atoms with E-state index in [-0.39, 0.29) is 0 Å². The van der Waals surface area contributed by atoms with Gasteiger partial charge in [-0.1, -0.05) is 0 Å². The molecule has 0 saturated heterocycles. The molecule has 27 heavy (non-hydrogen) atoms. The normalized spacial score (nSPS) is 11.0. The van der Waals surface area contributed by atoms with E-state index < -0.39 is 0 Å². The second-order valence-electron chi connectivity index (χ2n) is 5.54. The molecule has 0 aliphatic rings. The highest BCUT2D eigenvalue weighted by molar-refractivity contribution is 7.11. The number of methoxy groups -OCH3 is 3. The first-order valence-electron chi connectivity index (χ1n) is 8.12. The molecule has 5 nitrogen and oxygen atoms in total. The third-order valence-corrected chi connectivity index (χ3v) is 4.85. The van der Waals surface area contributed by atoms with Gasteiger partial charge in [0, 0.05) is 16.5 Å². The van der Waals surface area contributed by atoms with Crippen LogP contribution in [0, 0.1) is 11.3 Å². The van der Waals surface area contributed by atoms with Gasteiger partial charge in [-0.05, 0) is 48.5 Å². The van der Waals surface area contributed by atoms with Crippen molar-refractivity contribution in [3.05, 3.63) is 58.4 Å². The maximum Gasteiger partial charge on any atom is 0.134 e. The number of hydrogen-bond acceptors (Lipinski definition) is 6. The topological polar surface area (TPSA) is 64.4 Å². The van der Waals surface area contributed by atoms with Crippen LogP contribution < -0.4 is 14.2 Å². The van der Waals surface area contributed by atoms with Crippen molar-refractivity contribution in [2.75, 3.05) is 21.3 Å². The van der Waals surface area contributed by atoms with E-state index in [0.717, 1.165) is 22.6 Å². The molecule has 0 unspecified atom stereocenters. The average Bonchev–Trinajstić information content (AvgIpc) is 3.21. The van der Waals surface area contributed by atoms with E-state index in [1.165, 1.54) is 11.3 Å². The summed E-state index contributed by atoms with van der Waals surface area (Å²) < 4.78 is 15.8. The first-order valence-corrected chi connectivity index (χ1v) is 9.00. The van der Waals surface area contributed by atoms with Crippen molar-refractivity contribution in [3.63, 3.8) is 0 Å². The summed E-state index contributed by atoms with van der Waals surface area (Å²) in [7, 11) is 4.83. The summed E-state index contributed by atoms with van der Waals surface area (Å²) in [5.74, 6) is 2.14. The minimum atomic E-state index is 0.464. The van der Waals surface area contributed by atoms with Gasteiger partial charge in [0.15, 0.2) is 0 Å². The lowest BCUT2D eigenvalue weighted by Gasteiger charge is -2.07. The smallest absolute Gasteiger partial charge is 0.134 e. The van der Waals surface area contributed by atoms with Gasteiger partial charge in [0.25, 0.3) is 0 Å². The third kappa shape index (κ3) is 4.10. The molecule has 0 amide bonds. The zero-order chi connectivity index (χ0) is 19.2. The van der Waals surface area contributed by atoms with Gasteiger partial charge in [-0.15, -0.1) is 11.3 Å². The van der Waals surface area contributed by atoms with Crippen molar-refractivity contribution < 1.29 is 14.2 Å². The van der Waals surface area contributed by atoms with Gasteiger partial charge in [0.2, 0.25) is 0 Å². The van der Waals surface area contributed by atoms with E-state index in [0.29, 0.717) is 22.1 Å². The van der Waals surface area contributed by atoms with Crippen LogP contribution in [0.25, 0.3) is 22.9 Å². The second kappa shape index (κ2) is 8.39. The summed E-state index contributed by atoms with van der Waals surface area (Å²) in [5, 5.41) is 12.2. The minimum Gasteiger partial charge on any atom is -0.497 e. The molecule has 0 bridgehead atoms. The quantitative estimate of drug-likeness (QED) is 0.571. The number of aromatic nitrogens is 1. The summed E-state index contributed by atoms with van der Waals surface area (Å²) >= 11 is 1.42. The van der Waals surface area contributed by atoms with Gasteiger partial charge in [0.1, 0.15) is 28.3 Å². The summed E-state index contributed by atoms with van der Waals surface area (Å²) in [4.78, 5) is 4.62. The van der Waals surface area contributed by atoms with E-state index >= 15 is 0 Å². The van der Waals surface area contributed by atoms with Crippen LogP contribution in [0.15, 0.2) is 47.8 Å².